The van der Waals surface area contributed by atoms with Crippen LogP contribution >= 0.6 is 11.8 Å². The van der Waals surface area contributed by atoms with Crippen LogP contribution < -0.4 is 0 Å². The molecule has 1 aromatic carbocycles. The van der Waals surface area contributed by atoms with Gasteiger partial charge in [-0.1, -0.05) is 18.2 Å². The lowest BCUT2D eigenvalue weighted by Crippen LogP contribution is -2.04. The second-order valence-corrected chi connectivity index (χ2v) is 7.40. The van der Waals surface area contributed by atoms with E-state index in [1.54, 1.807) is 13.0 Å². The molecule has 2 aromatic heterocycles. The van der Waals surface area contributed by atoms with Gasteiger partial charge in [0.2, 0.25) is 5.89 Å². The number of carbonyl (C=O) groups is 1. The Kier molecular flexibility index (Phi) is 5.23. The summed E-state index contributed by atoms with van der Waals surface area (Å²) in [6.45, 7) is 9.83. The average molecular weight is 383 g/mol. The number of hydrogen-bond donors (Lipinski definition) is 1. The van der Waals surface area contributed by atoms with Gasteiger partial charge in [-0.25, -0.2) is 4.79 Å². The molecule has 0 fully saturated rings. The topological polar surface area (TPSA) is 81.2 Å². The fourth-order valence-electron chi connectivity index (χ4n) is 3.13. The number of carboxylic acids is 1. The molecular weight excluding hydrogens is 362 g/mol. The van der Waals surface area contributed by atoms with Gasteiger partial charge >= 0.3 is 5.97 Å². The van der Waals surface area contributed by atoms with Crippen LogP contribution in [0.25, 0.3) is 11.8 Å². The van der Waals surface area contributed by atoms with E-state index in [-0.39, 0.29) is 10.1 Å². The highest BCUT2D eigenvalue weighted by atomic mass is 32.2. The zero-order valence-corrected chi connectivity index (χ0v) is 16.7. The Morgan fingerprint density at radius 1 is 1.15 bits per heavy atom. The van der Waals surface area contributed by atoms with Gasteiger partial charge in [0, 0.05) is 18.3 Å². The van der Waals surface area contributed by atoms with Crippen molar-refractivity contribution in [2.45, 2.75) is 39.8 Å². The van der Waals surface area contributed by atoms with Crippen molar-refractivity contribution in [1.29, 1.82) is 0 Å². The Hall–Kier alpha value is -2.80. The summed E-state index contributed by atoms with van der Waals surface area (Å²) in [6, 6.07) is 8.18. The maximum absolute atomic E-state index is 11.7. The minimum atomic E-state index is -1.03. The first-order valence-electron chi connectivity index (χ1n) is 8.46. The van der Waals surface area contributed by atoms with E-state index in [0.29, 0.717) is 5.89 Å². The third kappa shape index (κ3) is 3.83. The molecule has 0 unspecified atom stereocenters. The molecule has 7 heteroatoms. The zero-order valence-electron chi connectivity index (χ0n) is 15.9. The molecule has 0 atom stereocenters. The minimum Gasteiger partial charge on any atom is -0.477 e. The molecule has 0 aliphatic carbocycles. The van der Waals surface area contributed by atoms with E-state index < -0.39 is 5.97 Å². The molecule has 0 aliphatic rings. The van der Waals surface area contributed by atoms with Gasteiger partial charge in [-0.15, -0.1) is 10.2 Å². The van der Waals surface area contributed by atoms with Crippen molar-refractivity contribution < 1.29 is 14.3 Å². The summed E-state index contributed by atoms with van der Waals surface area (Å²) in [5.41, 5.74) is 6.33. The standard InChI is InChI=1S/C20H21N3O3S/c1-11-7-6-8-12(2)18(11)23-13(3)9-16(14(23)4)10-17(19(24)25)27-20-22-21-15(5)26-20/h6-10H,1-5H3,(H,24,25)/b17-10-. The Bertz CT molecular complexity index is 1030. The summed E-state index contributed by atoms with van der Waals surface area (Å²) in [6.07, 6.45) is 1.65. The Balaban J connectivity index is 2.07. The summed E-state index contributed by atoms with van der Waals surface area (Å²) < 4.78 is 7.46. The van der Waals surface area contributed by atoms with E-state index in [2.05, 4.69) is 40.7 Å². The highest BCUT2D eigenvalue weighted by Crippen LogP contribution is 2.31. The van der Waals surface area contributed by atoms with Crippen molar-refractivity contribution in [2.75, 3.05) is 0 Å². The first kappa shape index (κ1) is 19.0. The number of aromatic nitrogens is 3. The lowest BCUT2D eigenvalue weighted by atomic mass is 10.1. The molecule has 0 saturated carbocycles. The number of rotatable bonds is 5. The highest BCUT2D eigenvalue weighted by Gasteiger charge is 2.18. The molecule has 2 heterocycles. The molecule has 0 amide bonds. The van der Waals surface area contributed by atoms with Crippen LogP contribution in [0.4, 0.5) is 0 Å². The summed E-state index contributed by atoms with van der Waals surface area (Å²) in [4.78, 5) is 11.8. The minimum absolute atomic E-state index is 0.125. The Morgan fingerprint density at radius 2 is 1.81 bits per heavy atom. The number of nitrogens with zero attached hydrogens (tertiary/aromatic N) is 3. The molecule has 27 heavy (non-hydrogen) atoms. The highest BCUT2D eigenvalue weighted by molar-refractivity contribution is 8.03. The van der Waals surface area contributed by atoms with Crippen molar-refractivity contribution in [2.24, 2.45) is 0 Å². The smallest absolute Gasteiger partial charge is 0.342 e. The lowest BCUT2D eigenvalue weighted by Gasteiger charge is -2.15. The predicted octanol–water partition coefficient (Wildman–Crippen LogP) is 4.62. The Labute approximate surface area is 161 Å². The predicted molar refractivity (Wildman–Crippen MR) is 105 cm³/mol. The number of hydrogen-bond acceptors (Lipinski definition) is 5. The lowest BCUT2D eigenvalue weighted by molar-refractivity contribution is -0.131. The number of aryl methyl sites for hydroxylation is 4. The molecule has 0 saturated heterocycles. The van der Waals surface area contributed by atoms with Crippen LogP contribution in [0.3, 0.4) is 0 Å². The third-order valence-corrected chi connectivity index (χ3v) is 5.19. The van der Waals surface area contributed by atoms with Crippen LogP contribution in [0.1, 0.15) is 34.0 Å². The molecule has 0 spiro atoms. The van der Waals surface area contributed by atoms with E-state index in [1.807, 2.05) is 26.0 Å². The van der Waals surface area contributed by atoms with E-state index in [0.717, 1.165) is 34.4 Å². The van der Waals surface area contributed by atoms with Gasteiger partial charge in [-0.05, 0) is 68.3 Å². The van der Waals surface area contributed by atoms with Gasteiger partial charge in [-0.3, -0.25) is 0 Å². The van der Waals surface area contributed by atoms with Crippen LogP contribution in [0.2, 0.25) is 0 Å². The molecule has 3 rings (SSSR count). The largest absolute Gasteiger partial charge is 0.477 e. The van der Waals surface area contributed by atoms with E-state index in [4.69, 9.17) is 4.42 Å². The maximum atomic E-state index is 11.7. The van der Waals surface area contributed by atoms with Crippen molar-refractivity contribution in [3.63, 3.8) is 0 Å². The fraction of sp³-hybridized carbons (Fsp3) is 0.250. The SMILES string of the molecule is Cc1nnc(S/C(=C\c2cc(C)n(-c3c(C)cccc3C)c2C)C(=O)O)o1. The normalized spacial score (nSPS) is 11.8. The monoisotopic (exact) mass is 383 g/mol. The van der Waals surface area contributed by atoms with Gasteiger partial charge < -0.3 is 14.1 Å². The van der Waals surface area contributed by atoms with Crippen LogP contribution in [0, 0.1) is 34.6 Å². The number of carboxylic acid groups (broad SMARTS) is 1. The molecule has 1 N–H and O–H groups in total. The first-order valence-corrected chi connectivity index (χ1v) is 9.28. The molecular formula is C20H21N3O3S. The Morgan fingerprint density at radius 3 is 2.37 bits per heavy atom. The van der Waals surface area contributed by atoms with Crippen LogP contribution in [0.15, 0.2) is 38.8 Å². The van der Waals surface area contributed by atoms with Crippen LogP contribution in [-0.2, 0) is 4.79 Å². The number of benzene rings is 1. The molecule has 0 aliphatic heterocycles. The molecule has 0 radical (unpaired) electrons. The summed E-state index contributed by atoms with van der Waals surface area (Å²) >= 11 is 0.950. The zero-order chi connectivity index (χ0) is 19.7. The van der Waals surface area contributed by atoms with E-state index >= 15 is 0 Å². The van der Waals surface area contributed by atoms with Crippen LogP contribution in [-0.4, -0.2) is 25.8 Å². The number of thioether (sulfide) groups is 1. The molecule has 3 aromatic rings. The van der Waals surface area contributed by atoms with Gasteiger partial charge in [-0.2, -0.15) is 0 Å². The summed E-state index contributed by atoms with van der Waals surface area (Å²) in [7, 11) is 0. The first-order chi connectivity index (χ1) is 12.8. The van der Waals surface area contributed by atoms with Crippen molar-refractivity contribution in [3.8, 4) is 5.69 Å². The van der Waals surface area contributed by atoms with Gasteiger partial charge in [0.05, 0.1) is 5.69 Å². The van der Waals surface area contributed by atoms with Crippen molar-refractivity contribution in [1.82, 2.24) is 14.8 Å². The average Bonchev–Trinajstić information content (AvgIpc) is 3.11. The maximum Gasteiger partial charge on any atom is 0.342 e. The molecule has 140 valence electrons. The van der Waals surface area contributed by atoms with Crippen LogP contribution in [0.5, 0.6) is 0 Å². The third-order valence-electron chi connectivity index (χ3n) is 4.34. The second kappa shape index (κ2) is 7.44. The fourth-order valence-corrected chi connectivity index (χ4v) is 3.83. The summed E-state index contributed by atoms with van der Waals surface area (Å²) in [5.74, 6) is -0.636. The van der Waals surface area contributed by atoms with Crippen molar-refractivity contribution in [3.05, 3.63) is 63.1 Å². The number of para-hydroxylation sites is 1. The van der Waals surface area contributed by atoms with Crippen molar-refractivity contribution >= 4 is 23.8 Å². The van der Waals surface area contributed by atoms with E-state index in [9.17, 15) is 9.90 Å². The quantitative estimate of drug-likeness (QED) is 0.511. The number of aliphatic carboxylic acids is 1. The van der Waals surface area contributed by atoms with E-state index in [1.165, 1.54) is 11.1 Å². The van der Waals surface area contributed by atoms with Gasteiger partial charge in [0.15, 0.2) is 0 Å². The second-order valence-electron chi connectivity index (χ2n) is 6.41. The van der Waals surface area contributed by atoms with Gasteiger partial charge in [0.1, 0.15) is 4.91 Å². The molecule has 0 bridgehead atoms. The summed E-state index contributed by atoms with van der Waals surface area (Å²) in [5, 5.41) is 17.4. The van der Waals surface area contributed by atoms with Gasteiger partial charge in [0.25, 0.3) is 5.22 Å². The molecule has 6 nitrogen and oxygen atoms in total.